The van der Waals surface area contributed by atoms with Gasteiger partial charge in [-0.2, -0.15) is 5.26 Å². The maximum atomic E-state index is 13.4. The van der Waals surface area contributed by atoms with Crippen molar-refractivity contribution in [2.45, 2.75) is 25.8 Å². The van der Waals surface area contributed by atoms with Gasteiger partial charge < -0.3 is 25.0 Å². The first-order valence-electron chi connectivity index (χ1n) is 9.09. The highest BCUT2D eigenvalue weighted by atomic mass is 16.5. The number of rotatable bonds is 5. The Bertz CT molecular complexity index is 1010. The van der Waals surface area contributed by atoms with E-state index in [4.69, 9.17) is 10.5 Å². The number of ether oxygens (including phenoxy) is 1. The molecular weight excluding hydrogens is 356 g/mol. The van der Waals surface area contributed by atoms with Crippen LogP contribution in [0.5, 0.6) is 11.5 Å². The zero-order chi connectivity index (χ0) is 20.4. The Labute approximate surface area is 163 Å². The van der Waals surface area contributed by atoms with Gasteiger partial charge in [-0.3, -0.25) is 4.79 Å². The lowest BCUT2D eigenvalue weighted by Gasteiger charge is -2.27. The van der Waals surface area contributed by atoms with Crippen molar-refractivity contribution in [3.05, 3.63) is 69.0 Å². The summed E-state index contributed by atoms with van der Waals surface area (Å²) in [5.41, 5.74) is 7.86. The van der Waals surface area contributed by atoms with Gasteiger partial charge in [-0.25, -0.2) is 0 Å². The molecule has 0 aliphatic carbocycles. The summed E-state index contributed by atoms with van der Waals surface area (Å²) in [6, 6.07) is 10.3. The van der Waals surface area contributed by atoms with E-state index in [1.165, 1.54) is 12.1 Å². The molecule has 0 radical (unpaired) electrons. The Morgan fingerprint density at radius 3 is 2.61 bits per heavy atom. The van der Waals surface area contributed by atoms with Crippen molar-refractivity contribution in [2.24, 2.45) is 5.73 Å². The highest BCUT2D eigenvalue weighted by Crippen LogP contribution is 2.40. The zero-order valence-electron chi connectivity index (χ0n) is 16.3. The molecule has 0 amide bonds. The molecule has 3 rings (SSSR count). The third-order valence-electron chi connectivity index (χ3n) is 4.90. The van der Waals surface area contributed by atoms with Crippen LogP contribution in [0, 0.1) is 18.3 Å². The van der Waals surface area contributed by atoms with Gasteiger partial charge >= 0.3 is 0 Å². The summed E-state index contributed by atoms with van der Waals surface area (Å²) < 4.78 is 7.35. The number of aromatic hydroxyl groups is 1. The number of hydrogen-bond donors (Lipinski definition) is 2. The topological polar surface area (TPSA) is 105 Å². The van der Waals surface area contributed by atoms with Gasteiger partial charge in [0.2, 0.25) is 5.88 Å². The van der Waals surface area contributed by atoms with Gasteiger partial charge in [-0.05, 0) is 51.7 Å². The molecule has 7 heteroatoms. The van der Waals surface area contributed by atoms with E-state index in [-0.39, 0.29) is 22.8 Å². The minimum absolute atomic E-state index is 0.00256. The second-order valence-corrected chi connectivity index (χ2v) is 7.19. The molecule has 2 aromatic rings. The molecule has 28 heavy (non-hydrogen) atoms. The fourth-order valence-electron chi connectivity index (χ4n) is 3.51. The first kappa shape index (κ1) is 19.5. The number of nitrogens with zero attached hydrogens (tertiary/aromatic N) is 3. The Hall–Kier alpha value is -3.24. The van der Waals surface area contributed by atoms with Crippen LogP contribution in [0.3, 0.4) is 0 Å². The number of fused-ring (bicyclic) bond motifs is 1. The van der Waals surface area contributed by atoms with Gasteiger partial charge in [0.15, 0.2) is 0 Å². The van der Waals surface area contributed by atoms with E-state index in [2.05, 4.69) is 11.0 Å². The minimum Gasteiger partial charge on any atom is -0.508 e. The van der Waals surface area contributed by atoms with Crippen LogP contribution < -0.4 is 16.0 Å². The number of benzene rings is 1. The van der Waals surface area contributed by atoms with Crippen LogP contribution in [0.1, 0.15) is 29.2 Å². The first-order valence-corrected chi connectivity index (χ1v) is 9.09. The van der Waals surface area contributed by atoms with Gasteiger partial charge in [-0.1, -0.05) is 12.1 Å². The van der Waals surface area contributed by atoms with Gasteiger partial charge in [0.1, 0.15) is 23.1 Å². The normalized spacial score (nSPS) is 15.9. The van der Waals surface area contributed by atoms with Crippen LogP contribution in [0.15, 0.2) is 46.6 Å². The molecule has 1 aliphatic heterocycles. The summed E-state index contributed by atoms with van der Waals surface area (Å²) in [4.78, 5) is 15.4. The molecule has 146 valence electrons. The van der Waals surface area contributed by atoms with Gasteiger partial charge in [0, 0.05) is 18.3 Å². The molecule has 3 N–H and O–H groups in total. The minimum atomic E-state index is -0.637. The number of aryl methyl sites for hydroxylation is 1. The van der Waals surface area contributed by atoms with Gasteiger partial charge in [0.05, 0.1) is 11.5 Å². The number of nitrogens with two attached hydrogens (primary N) is 1. The molecule has 1 unspecified atom stereocenters. The van der Waals surface area contributed by atoms with E-state index in [9.17, 15) is 15.2 Å². The van der Waals surface area contributed by atoms with Crippen LogP contribution in [0.25, 0.3) is 0 Å². The van der Waals surface area contributed by atoms with Crippen molar-refractivity contribution >= 4 is 0 Å². The summed E-state index contributed by atoms with van der Waals surface area (Å²) in [7, 11) is 3.98. The maximum absolute atomic E-state index is 13.4. The fourth-order valence-corrected chi connectivity index (χ4v) is 3.51. The lowest BCUT2D eigenvalue weighted by molar-refractivity contribution is 0.375. The third kappa shape index (κ3) is 3.59. The quantitative estimate of drug-likeness (QED) is 0.822. The summed E-state index contributed by atoms with van der Waals surface area (Å²) in [6.07, 6.45) is 0.820. The van der Waals surface area contributed by atoms with E-state index >= 15 is 0 Å². The fraction of sp³-hybridized carbons (Fsp3) is 0.333. The number of nitriles is 1. The van der Waals surface area contributed by atoms with Crippen LogP contribution in [-0.4, -0.2) is 35.2 Å². The largest absolute Gasteiger partial charge is 0.508 e. The summed E-state index contributed by atoms with van der Waals surface area (Å²) in [5, 5.41) is 19.3. The Morgan fingerprint density at radius 2 is 2.00 bits per heavy atom. The van der Waals surface area contributed by atoms with Crippen molar-refractivity contribution in [3.8, 4) is 17.6 Å². The predicted octanol–water partition coefficient (Wildman–Crippen LogP) is 2.03. The van der Waals surface area contributed by atoms with Crippen LogP contribution in [0.4, 0.5) is 0 Å². The standard InChI is InChI=1S/C21H24N4O3/c1-13-11-17-19(21(27)25(13)10-4-9-24(2)3)18(16(12-22)20(23)28-17)14-5-7-15(26)8-6-14/h5-8,11,18,26H,4,9-10,23H2,1-3H3. The molecule has 0 fully saturated rings. The van der Waals surface area contributed by atoms with E-state index in [1.807, 2.05) is 21.0 Å². The molecule has 2 heterocycles. The van der Waals surface area contributed by atoms with Crippen LogP contribution in [-0.2, 0) is 6.54 Å². The number of phenolic OH excluding ortho intramolecular Hbond substituents is 1. The Balaban J connectivity index is 2.15. The molecule has 0 bridgehead atoms. The second kappa shape index (κ2) is 7.79. The Kier molecular flexibility index (Phi) is 5.43. The summed E-state index contributed by atoms with van der Waals surface area (Å²) >= 11 is 0. The molecule has 1 aromatic heterocycles. The number of phenols is 1. The number of allylic oxidation sites excluding steroid dienone is 1. The van der Waals surface area contributed by atoms with Crippen molar-refractivity contribution in [2.75, 3.05) is 20.6 Å². The highest BCUT2D eigenvalue weighted by molar-refractivity contribution is 5.55. The molecule has 0 saturated carbocycles. The molecule has 0 spiro atoms. The monoisotopic (exact) mass is 380 g/mol. The average molecular weight is 380 g/mol. The van der Waals surface area contributed by atoms with Crippen molar-refractivity contribution in [1.29, 1.82) is 5.26 Å². The van der Waals surface area contributed by atoms with Crippen molar-refractivity contribution in [3.63, 3.8) is 0 Å². The van der Waals surface area contributed by atoms with E-state index < -0.39 is 5.92 Å². The van der Waals surface area contributed by atoms with E-state index in [0.29, 0.717) is 23.4 Å². The summed E-state index contributed by atoms with van der Waals surface area (Å²) in [5.74, 6) is -0.155. The lowest BCUT2D eigenvalue weighted by Crippen LogP contribution is -2.33. The molecule has 1 aromatic carbocycles. The maximum Gasteiger partial charge on any atom is 0.258 e. The molecule has 1 aliphatic rings. The molecule has 0 saturated heterocycles. The van der Waals surface area contributed by atoms with Crippen LogP contribution >= 0.6 is 0 Å². The highest BCUT2D eigenvalue weighted by Gasteiger charge is 2.34. The van der Waals surface area contributed by atoms with Crippen LogP contribution in [0.2, 0.25) is 0 Å². The second-order valence-electron chi connectivity index (χ2n) is 7.19. The Morgan fingerprint density at radius 1 is 1.32 bits per heavy atom. The summed E-state index contributed by atoms with van der Waals surface area (Å²) in [6.45, 7) is 3.28. The third-order valence-corrected chi connectivity index (χ3v) is 4.90. The number of aromatic nitrogens is 1. The number of pyridine rings is 1. The van der Waals surface area contributed by atoms with Crippen molar-refractivity contribution < 1.29 is 9.84 Å². The molecule has 1 atom stereocenters. The first-order chi connectivity index (χ1) is 13.3. The number of hydrogen-bond acceptors (Lipinski definition) is 6. The van der Waals surface area contributed by atoms with E-state index in [0.717, 1.165) is 18.7 Å². The predicted molar refractivity (Wildman–Crippen MR) is 106 cm³/mol. The SMILES string of the molecule is Cc1cc2c(c(=O)n1CCCN(C)C)C(c1ccc(O)cc1)C(C#N)=C(N)O2. The molecular formula is C21H24N4O3. The van der Waals surface area contributed by atoms with Gasteiger partial charge in [-0.15, -0.1) is 0 Å². The lowest BCUT2D eigenvalue weighted by atomic mass is 9.84. The van der Waals surface area contributed by atoms with E-state index in [1.54, 1.807) is 22.8 Å². The zero-order valence-corrected chi connectivity index (χ0v) is 16.3. The average Bonchev–Trinajstić information content (AvgIpc) is 2.64. The molecule has 7 nitrogen and oxygen atoms in total. The smallest absolute Gasteiger partial charge is 0.258 e. The van der Waals surface area contributed by atoms with Gasteiger partial charge in [0.25, 0.3) is 5.56 Å². The van der Waals surface area contributed by atoms with Crippen molar-refractivity contribution in [1.82, 2.24) is 9.47 Å².